The number of unbranched alkanes of at least 4 members (excludes halogenated alkanes) is 3. The maximum atomic E-state index is 11.1. The highest BCUT2D eigenvalue weighted by Gasteiger charge is 2.09. The number of aldehydes is 1. The van der Waals surface area contributed by atoms with Gasteiger partial charge in [0.05, 0.1) is 5.69 Å². The van der Waals surface area contributed by atoms with E-state index in [2.05, 4.69) is 48.4 Å². The summed E-state index contributed by atoms with van der Waals surface area (Å²) in [6.45, 7) is 5.05. The van der Waals surface area contributed by atoms with E-state index in [1.165, 1.54) is 24.8 Å². The van der Waals surface area contributed by atoms with Crippen LogP contribution >= 0.6 is 0 Å². The molecule has 0 N–H and O–H groups in total. The molecule has 4 heteroatoms. The van der Waals surface area contributed by atoms with Gasteiger partial charge in [0, 0.05) is 6.54 Å². The molecule has 22 heavy (non-hydrogen) atoms. The zero-order valence-electron chi connectivity index (χ0n) is 13.3. The lowest BCUT2D eigenvalue weighted by atomic mass is 10.1. The van der Waals surface area contributed by atoms with Crippen molar-refractivity contribution in [3.05, 3.63) is 46.8 Å². The summed E-state index contributed by atoms with van der Waals surface area (Å²) in [6.07, 6.45) is 9.35. The summed E-state index contributed by atoms with van der Waals surface area (Å²) in [5.74, 6) is 0. The number of hydrogen-bond acceptors (Lipinski definition) is 3. The maximum absolute atomic E-state index is 11.1. The number of aromatic nitrogens is 3. The molecule has 0 radical (unpaired) electrons. The third-order valence-corrected chi connectivity index (χ3v) is 3.65. The first kappa shape index (κ1) is 16.1. The number of carbonyl (C=O) groups excluding carboxylic acids is 1. The Bertz CT molecular complexity index is 626. The van der Waals surface area contributed by atoms with Crippen molar-refractivity contribution in [2.75, 3.05) is 0 Å². The van der Waals surface area contributed by atoms with Crippen molar-refractivity contribution < 1.29 is 4.79 Å². The Hall–Kier alpha value is -2.23. The second kappa shape index (κ2) is 8.27. The summed E-state index contributed by atoms with van der Waals surface area (Å²) in [5.41, 5.74) is 3.51. The minimum absolute atomic E-state index is 0.402. The van der Waals surface area contributed by atoms with Gasteiger partial charge in [0.1, 0.15) is 0 Å². The fourth-order valence-corrected chi connectivity index (χ4v) is 2.30. The molecule has 0 aliphatic rings. The van der Waals surface area contributed by atoms with Gasteiger partial charge in [0.2, 0.25) is 0 Å². The largest absolute Gasteiger partial charge is 0.296 e. The zero-order valence-corrected chi connectivity index (χ0v) is 13.3. The van der Waals surface area contributed by atoms with Crippen molar-refractivity contribution in [1.82, 2.24) is 15.0 Å². The Kier molecular flexibility index (Phi) is 6.07. The van der Waals surface area contributed by atoms with Crippen LogP contribution in [0.4, 0.5) is 0 Å². The minimum Gasteiger partial charge on any atom is -0.296 e. The summed E-state index contributed by atoms with van der Waals surface area (Å²) in [7, 11) is 0. The predicted octanol–water partition coefficient (Wildman–Crippen LogP) is 4.15. The second-order valence-corrected chi connectivity index (χ2v) is 5.51. The van der Waals surface area contributed by atoms with E-state index in [-0.39, 0.29) is 0 Å². The molecule has 0 amide bonds. The Morgan fingerprint density at radius 3 is 2.55 bits per heavy atom. The summed E-state index contributed by atoms with van der Waals surface area (Å²) < 4.78 is 1.82. The van der Waals surface area contributed by atoms with E-state index in [4.69, 9.17) is 0 Å². The molecule has 1 aromatic carbocycles. The van der Waals surface area contributed by atoms with Crippen LogP contribution in [0, 0.1) is 6.92 Å². The lowest BCUT2D eigenvalue weighted by Crippen LogP contribution is -2.03. The molecule has 0 atom stereocenters. The predicted molar refractivity (Wildman–Crippen MR) is 89.7 cm³/mol. The summed E-state index contributed by atoms with van der Waals surface area (Å²) in [4.78, 5) is 11.1. The normalized spacial score (nSPS) is 11.2. The summed E-state index contributed by atoms with van der Waals surface area (Å²) >= 11 is 0. The molecule has 0 unspecified atom stereocenters. The molecule has 0 fully saturated rings. The van der Waals surface area contributed by atoms with Crippen LogP contribution < -0.4 is 0 Å². The molecular formula is C18H23N3O. The highest BCUT2D eigenvalue weighted by molar-refractivity contribution is 5.81. The van der Waals surface area contributed by atoms with Crippen LogP contribution in [0.1, 0.15) is 59.9 Å². The van der Waals surface area contributed by atoms with Gasteiger partial charge in [-0.05, 0) is 25.0 Å². The first-order chi connectivity index (χ1) is 10.7. The quantitative estimate of drug-likeness (QED) is 0.543. The van der Waals surface area contributed by atoms with Gasteiger partial charge >= 0.3 is 0 Å². The van der Waals surface area contributed by atoms with Gasteiger partial charge in [-0.3, -0.25) is 4.79 Å². The topological polar surface area (TPSA) is 47.8 Å². The fraction of sp³-hybridized carbons (Fsp3) is 0.389. The molecule has 0 spiro atoms. The van der Waals surface area contributed by atoms with E-state index in [1.807, 2.05) is 16.8 Å². The number of carbonyl (C=O) groups is 1. The number of rotatable bonds is 8. The van der Waals surface area contributed by atoms with Crippen LogP contribution in [0.15, 0.2) is 24.3 Å². The van der Waals surface area contributed by atoms with Crippen LogP contribution in [0.5, 0.6) is 0 Å². The van der Waals surface area contributed by atoms with Gasteiger partial charge in [-0.2, -0.15) is 0 Å². The number of hydrogen-bond donors (Lipinski definition) is 0. The Balaban J connectivity index is 2.12. The fourth-order valence-electron chi connectivity index (χ4n) is 2.30. The first-order valence-electron chi connectivity index (χ1n) is 7.88. The number of nitrogens with zero attached hydrogens (tertiary/aromatic N) is 3. The smallest absolute Gasteiger partial charge is 0.172 e. The highest BCUT2D eigenvalue weighted by atomic mass is 16.1. The van der Waals surface area contributed by atoms with Gasteiger partial charge < -0.3 is 0 Å². The molecule has 0 bridgehead atoms. The minimum atomic E-state index is 0.402. The van der Waals surface area contributed by atoms with Gasteiger partial charge in [0.15, 0.2) is 12.0 Å². The molecule has 1 aromatic heterocycles. The third kappa shape index (κ3) is 4.38. The Morgan fingerprint density at radius 1 is 1.09 bits per heavy atom. The molecule has 0 aliphatic carbocycles. The highest BCUT2D eigenvalue weighted by Crippen LogP contribution is 2.12. The van der Waals surface area contributed by atoms with E-state index >= 15 is 0 Å². The SMILES string of the molecule is CCCCCCn1nnc(C=O)c1/C=C/c1ccc(C)cc1. The van der Waals surface area contributed by atoms with Crippen molar-refractivity contribution >= 4 is 18.4 Å². The monoisotopic (exact) mass is 297 g/mol. The maximum Gasteiger partial charge on any atom is 0.172 e. The Labute approximate surface area is 131 Å². The van der Waals surface area contributed by atoms with Crippen molar-refractivity contribution in [2.24, 2.45) is 0 Å². The summed E-state index contributed by atoms with van der Waals surface area (Å²) in [6, 6.07) is 8.25. The van der Waals surface area contributed by atoms with E-state index < -0.39 is 0 Å². The van der Waals surface area contributed by atoms with Crippen LogP contribution in [-0.4, -0.2) is 21.3 Å². The molecule has 0 saturated carbocycles. The van der Waals surface area contributed by atoms with Gasteiger partial charge in [-0.15, -0.1) is 5.10 Å². The van der Waals surface area contributed by atoms with Crippen molar-refractivity contribution in [3.63, 3.8) is 0 Å². The van der Waals surface area contributed by atoms with Crippen LogP contribution in [-0.2, 0) is 6.54 Å². The van der Waals surface area contributed by atoms with Gasteiger partial charge in [0.25, 0.3) is 0 Å². The van der Waals surface area contributed by atoms with Crippen molar-refractivity contribution in [1.29, 1.82) is 0 Å². The van der Waals surface area contributed by atoms with E-state index in [1.54, 1.807) is 0 Å². The van der Waals surface area contributed by atoms with Crippen LogP contribution in [0.25, 0.3) is 12.2 Å². The van der Waals surface area contributed by atoms with Crippen LogP contribution in [0.3, 0.4) is 0 Å². The summed E-state index contributed by atoms with van der Waals surface area (Å²) in [5, 5.41) is 8.05. The average molecular weight is 297 g/mol. The lowest BCUT2D eigenvalue weighted by Gasteiger charge is -2.03. The van der Waals surface area contributed by atoms with Crippen molar-refractivity contribution in [3.8, 4) is 0 Å². The van der Waals surface area contributed by atoms with Gasteiger partial charge in [-0.1, -0.05) is 67.3 Å². The van der Waals surface area contributed by atoms with E-state index in [0.29, 0.717) is 5.69 Å². The van der Waals surface area contributed by atoms with Crippen LogP contribution in [0.2, 0.25) is 0 Å². The van der Waals surface area contributed by atoms with E-state index in [9.17, 15) is 4.79 Å². The molecule has 1 heterocycles. The molecule has 0 saturated heterocycles. The molecular weight excluding hydrogens is 274 g/mol. The van der Waals surface area contributed by atoms with Crippen molar-refractivity contribution in [2.45, 2.75) is 46.1 Å². The lowest BCUT2D eigenvalue weighted by molar-refractivity contribution is 0.111. The number of benzene rings is 1. The zero-order chi connectivity index (χ0) is 15.8. The standard InChI is InChI=1S/C18H23N3O/c1-3-4-5-6-13-21-18(17(14-22)19-20-21)12-11-16-9-7-15(2)8-10-16/h7-12,14H,3-6,13H2,1-2H3/b12-11+. The third-order valence-electron chi connectivity index (χ3n) is 3.65. The molecule has 4 nitrogen and oxygen atoms in total. The Morgan fingerprint density at radius 2 is 1.86 bits per heavy atom. The first-order valence-corrected chi connectivity index (χ1v) is 7.88. The van der Waals surface area contributed by atoms with Gasteiger partial charge in [-0.25, -0.2) is 4.68 Å². The average Bonchev–Trinajstić information content (AvgIpc) is 2.93. The molecule has 2 rings (SSSR count). The second-order valence-electron chi connectivity index (χ2n) is 5.51. The van der Waals surface area contributed by atoms with E-state index in [0.717, 1.165) is 30.5 Å². The molecule has 116 valence electrons. The molecule has 2 aromatic rings. The number of aryl methyl sites for hydroxylation is 2. The molecule has 0 aliphatic heterocycles.